The van der Waals surface area contributed by atoms with Crippen molar-refractivity contribution in [1.82, 2.24) is 10.3 Å². The van der Waals surface area contributed by atoms with Crippen LogP contribution >= 0.6 is 0 Å². The Labute approximate surface area is 164 Å². The van der Waals surface area contributed by atoms with Crippen LogP contribution in [0.4, 0.5) is 15.8 Å². The van der Waals surface area contributed by atoms with E-state index in [4.69, 9.17) is 0 Å². The zero-order chi connectivity index (χ0) is 19.9. The lowest BCUT2D eigenvalue weighted by atomic mass is 10.0. The van der Waals surface area contributed by atoms with Gasteiger partial charge < -0.3 is 10.6 Å². The normalized spacial score (nSPS) is 10.7. The van der Waals surface area contributed by atoms with Crippen LogP contribution in [0.15, 0.2) is 67.0 Å². The summed E-state index contributed by atoms with van der Waals surface area (Å²) < 4.78 is 13.7. The van der Waals surface area contributed by atoms with Crippen LogP contribution in [-0.2, 0) is 6.42 Å². The zero-order valence-electron chi connectivity index (χ0n) is 16.1. The predicted octanol–water partition coefficient (Wildman–Crippen LogP) is 5.06. The Hall–Kier alpha value is -3.21. The highest BCUT2D eigenvalue weighted by Gasteiger charge is 2.10. The van der Waals surface area contributed by atoms with Gasteiger partial charge in [0.1, 0.15) is 5.82 Å². The summed E-state index contributed by atoms with van der Waals surface area (Å²) in [6.45, 7) is 4.63. The second kappa shape index (κ2) is 9.13. The Balaban J connectivity index is 1.64. The van der Waals surface area contributed by atoms with Crippen molar-refractivity contribution < 1.29 is 9.18 Å². The van der Waals surface area contributed by atoms with Gasteiger partial charge in [-0.1, -0.05) is 50.2 Å². The average molecular weight is 377 g/mol. The molecule has 0 spiro atoms. The Morgan fingerprint density at radius 2 is 1.82 bits per heavy atom. The highest BCUT2D eigenvalue weighted by Crippen LogP contribution is 2.26. The number of amides is 1. The minimum atomic E-state index is -0.256. The van der Waals surface area contributed by atoms with Crippen molar-refractivity contribution >= 4 is 17.3 Å². The molecule has 0 saturated heterocycles. The molecular weight excluding hydrogens is 353 g/mol. The fourth-order valence-corrected chi connectivity index (χ4v) is 3.02. The maximum absolute atomic E-state index is 13.7. The Bertz CT molecular complexity index is 956. The molecule has 5 heteroatoms. The molecule has 1 heterocycles. The van der Waals surface area contributed by atoms with E-state index in [-0.39, 0.29) is 11.7 Å². The summed E-state index contributed by atoms with van der Waals surface area (Å²) in [5, 5.41) is 6.17. The summed E-state index contributed by atoms with van der Waals surface area (Å²) in [4.78, 5) is 16.6. The van der Waals surface area contributed by atoms with E-state index in [0.717, 1.165) is 11.4 Å². The quantitative estimate of drug-likeness (QED) is 0.605. The van der Waals surface area contributed by atoms with E-state index in [0.29, 0.717) is 30.0 Å². The van der Waals surface area contributed by atoms with Crippen LogP contribution in [0.5, 0.6) is 0 Å². The molecule has 1 amide bonds. The predicted molar refractivity (Wildman–Crippen MR) is 110 cm³/mol. The van der Waals surface area contributed by atoms with Gasteiger partial charge in [0.15, 0.2) is 0 Å². The molecule has 144 valence electrons. The average Bonchev–Trinajstić information content (AvgIpc) is 2.70. The van der Waals surface area contributed by atoms with Crippen molar-refractivity contribution in [1.29, 1.82) is 0 Å². The third-order valence-corrected chi connectivity index (χ3v) is 4.50. The number of para-hydroxylation sites is 1. The number of halogens is 1. The Kier molecular flexibility index (Phi) is 6.37. The summed E-state index contributed by atoms with van der Waals surface area (Å²) >= 11 is 0. The van der Waals surface area contributed by atoms with E-state index in [1.165, 1.54) is 17.8 Å². The number of carbonyl (C=O) groups excluding carboxylic acids is 1. The van der Waals surface area contributed by atoms with Crippen LogP contribution in [0, 0.1) is 5.82 Å². The summed E-state index contributed by atoms with van der Waals surface area (Å²) in [7, 11) is 0. The monoisotopic (exact) mass is 377 g/mol. The molecule has 3 rings (SSSR count). The molecule has 0 fully saturated rings. The highest BCUT2D eigenvalue weighted by molar-refractivity contribution is 5.94. The van der Waals surface area contributed by atoms with Crippen LogP contribution < -0.4 is 10.6 Å². The number of anilines is 2. The number of hydrogen-bond donors (Lipinski definition) is 2. The molecule has 2 aromatic carbocycles. The van der Waals surface area contributed by atoms with E-state index in [1.54, 1.807) is 30.5 Å². The molecule has 1 aromatic heterocycles. The number of hydrogen-bond acceptors (Lipinski definition) is 3. The number of nitrogens with zero attached hydrogens (tertiary/aromatic N) is 1. The summed E-state index contributed by atoms with van der Waals surface area (Å²) in [5.41, 5.74) is 3.98. The first-order valence-corrected chi connectivity index (χ1v) is 9.37. The second-order valence-electron chi connectivity index (χ2n) is 6.93. The molecular formula is C23H24FN3O. The van der Waals surface area contributed by atoms with Crippen molar-refractivity contribution in [2.24, 2.45) is 0 Å². The van der Waals surface area contributed by atoms with Gasteiger partial charge in [0.25, 0.3) is 5.91 Å². The van der Waals surface area contributed by atoms with Crippen LogP contribution in [0.25, 0.3) is 0 Å². The molecule has 0 aliphatic heterocycles. The van der Waals surface area contributed by atoms with E-state index in [9.17, 15) is 9.18 Å². The summed E-state index contributed by atoms with van der Waals surface area (Å²) in [6, 6.07) is 16.4. The minimum absolute atomic E-state index is 0.232. The lowest BCUT2D eigenvalue weighted by Gasteiger charge is -2.15. The molecule has 3 aromatic rings. The Morgan fingerprint density at radius 1 is 1.07 bits per heavy atom. The van der Waals surface area contributed by atoms with Crippen molar-refractivity contribution in [3.63, 3.8) is 0 Å². The lowest BCUT2D eigenvalue weighted by Crippen LogP contribution is -2.26. The number of pyridine rings is 1. The third-order valence-electron chi connectivity index (χ3n) is 4.50. The van der Waals surface area contributed by atoms with Gasteiger partial charge in [-0.05, 0) is 41.7 Å². The number of benzene rings is 2. The van der Waals surface area contributed by atoms with E-state index < -0.39 is 0 Å². The fraction of sp³-hybridized carbons (Fsp3) is 0.217. The molecule has 0 saturated carbocycles. The van der Waals surface area contributed by atoms with Crippen LogP contribution in [0.2, 0.25) is 0 Å². The van der Waals surface area contributed by atoms with Crippen molar-refractivity contribution in [3.05, 3.63) is 89.5 Å². The molecule has 4 nitrogen and oxygen atoms in total. The SMILES string of the molecule is CC(C)c1ccccc1Nc1cncc(C(=O)NCCc2ccccc2F)c1. The first kappa shape index (κ1) is 19.5. The Morgan fingerprint density at radius 3 is 2.61 bits per heavy atom. The van der Waals surface area contributed by atoms with Gasteiger partial charge in [0.05, 0.1) is 17.4 Å². The van der Waals surface area contributed by atoms with Gasteiger partial charge in [-0.3, -0.25) is 9.78 Å². The summed E-state index contributed by atoms with van der Waals surface area (Å²) in [5.74, 6) is -0.111. The van der Waals surface area contributed by atoms with Gasteiger partial charge in [-0.15, -0.1) is 0 Å². The minimum Gasteiger partial charge on any atom is -0.354 e. The smallest absolute Gasteiger partial charge is 0.252 e. The van der Waals surface area contributed by atoms with Crippen LogP contribution in [0.1, 0.15) is 41.3 Å². The first-order chi connectivity index (χ1) is 13.5. The third kappa shape index (κ3) is 4.94. The van der Waals surface area contributed by atoms with Gasteiger partial charge in [0.2, 0.25) is 0 Å². The molecule has 0 aliphatic carbocycles. The van der Waals surface area contributed by atoms with Crippen LogP contribution in [-0.4, -0.2) is 17.4 Å². The zero-order valence-corrected chi connectivity index (χ0v) is 16.1. The molecule has 2 N–H and O–H groups in total. The van der Waals surface area contributed by atoms with E-state index >= 15 is 0 Å². The number of carbonyl (C=O) groups is 1. The fourth-order valence-electron chi connectivity index (χ4n) is 3.02. The molecule has 0 unspecified atom stereocenters. The van der Waals surface area contributed by atoms with Crippen molar-refractivity contribution in [2.45, 2.75) is 26.2 Å². The molecule has 0 radical (unpaired) electrons. The van der Waals surface area contributed by atoms with E-state index in [1.807, 2.05) is 18.2 Å². The lowest BCUT2D eigenvalue weighted by molar-refractivity contribution is 0.0953. The van der Waals surface area contributed by atoms with Gasteiger partial charge in [-0.25, -0.2) is 4.39 Å². The molecule has 0 aliphatic rings. The molecule has 0 atom stereocenters. The van der Waals surface area contributed by atoms with Gasteiger partial charge >= 0.3 is 0 Å². The van der Waals surface area contributed by atoms with Crippen molar-refractivity contribution in [3.8, 4) is 0 Å². The second-order valence-corrected chi connectivity index (χ2v) is 6.93. The van der Waals surface area contributed by atoms with Gasteiger partial charge in [-0.2, -0.15) is 0 Å². The maximum Gasteiger partial charge on any atom is 0.252 e. The largest absolute Gasteiger partial charge is 0.354 e. The maximum atomic E-state index is 13.7. The topological polar surface area (TPSA) is 54.0 Å². The number of aromatic nitrogens is 1. The summed E-state index contributed by atoms with van der Waals surface area (Å²) in [6.07, 6.45) is 3.65. The van der Waals surface area contributed by atoms with Gasteiger partial charge in [0, 0.05) is 18.4 Å². The van der Waals surface area contributed by atoms with E-state index in [2.05, 4.69) is 35.5 Å². The number of nitrogens with one attached hydrogen (secondary N) is 2. The first-order valence-electron chi connectivity index (χ1n) is 9.37. The standard InChI is InChI=1S/C23H24FN3O/c1-16(2)20-8-4-6-10-22(20)27-19-13-18(14-25-15-19)23(28)26-12-11-17-7-3-5-9-21(17)24/h3-10,13-16,27H,11-12H2,1-2H3,(H,26,28). The molecule has 28 heavy (non-hydrogen) atoms. The highest BCUT2D eigenvalue weighted by atomic mass is 19.1. The number of rotatable bonds is 7. The molecule has 0 bridgehead atoms. The van der Waals surface area contributed by atoms with Crippen LogP contribution in [0.3, 0.4) is 0 Å². The van der Waals surface area contributed by atoms with Crippen molar-refractivity contribution in [2.75, 3.05) is 11.9 Å².